The van der Waals surface area contributed by atoms with E-state index in [-0.39, 0.29) is 16.4 Å². The van der Waals surface area contributed by atoms with Crippen molar-refractivity contribution in [3.8, 4) is 11.1 Å². The predicted octanol–water partition coefficient (Wildman–Crippen LogP) is 3.26. The van der Waals surface area contributed by atoms with Gasteiger partial charge in [0.1, 0.15) is 17.5 Å². The molecule has 0 bridgehead atoms. The Bertz CT molecular complexity index is 544. The van der Waals surface area contributed by atoms with Crippen molar-refractivity contribution in [3.05, 3.63) is 47.1 Å². The number of halogens is 3. The molecule has 0 saturated carbocycles. The number of pyridine rings is 1. The predicted molar refractivity (Wildman–Crippen MR) is 59.0 cm³/mol. The Morgan fingerprint density at radius 1 is 1.19 bits per heavy atom. The van der Waals surface area contributed by atoms with Crippen molar-refractivity contribution in [1.82, 2.24) is 4.98 Å². The lowest BCUT2D eigenvalue weighted by Crippen LogP contribution is -1.93. The van der Waals surface area contributed by atoms with Gasteiger partial charge >= 0.3 is 0 Å². The Hall–Kier alpha value is -1.68. The maximum Gasteiger partial charge on any atom is 0.142 e. The third-order valence-electron chi connectivity index (χ3n) is 2.11. The summed E-state index contributed by atoms with van der Waals surface area (Å²) < 4.78 is 26.4. The molecule has 0 spiro atoms. The van der Waals surface area contributed by atoms with Crippen molar-refractivity contribution in [2.75, 3.05) is 5.73 Å². The van der Waals surface area contributed by atoms with E-state index in [1.54, 1.807) is 0 Å². The second kappa shape index (κ2) is 4.06. The normalized spacial score (nSPS) is 10.4. The minimum absolute atomic E-state index is 0.106. The Balaban J connectivity index is 2.58. The second-order valence-corrected chi connectivity index (χ2v) is 3.62. The molecule has 1 aromatic heterocycles. The number of nitrogen functional groups attached to an aromatic ring is 1. The van der Waals surface area contributed by atoms with Crippen LogP contribution in [-0.4, -0.2) is 4.98 Å². The fourth-order valence-electron chi connectivity index (χ4n) is 1.31. The van der Waals surface area contributed by atoms with Crippen LogP contribution in [0.3, 0.4) is 0 Å². The van der Waals surface area contributed by atoms with Crippen molar-refractivity contribution in [2.24, 2.45) is 0 Å². The SMILES string of the molecule is Nc1ncc(-c2cc(F)ccc2F)cc1Cl. The molecule has 0 unspecified atom stereocenters. The summed E-state index contributed by atoms with van der Waals surface area (Å²) in [5, 5.41) is 0.209. The molecule has 0 aliphatic carbocycles. The first kappa shape index (κ1) is 10.8. The van der Waals surface area contributed by atoms with E-state index in [0.717, 1.165) is 18.2 Å². The third kappa shape index (κ3) is 1.97. The zero-order valence-electron chi connectivity index (χ0n) is 8.05. The lowest BCUT2D eigenvalue weighted by molar-refractivity contribution is 0.603. The highest BCUT2D eigenvalue weighted by Gasteiger charge is 2.08. The van der Waals surface area contributed by atoms with Gasteiger partial charge in [0.25, 0.3) is 0 Å². The van der Waals surface area contributed by atoms with E-state index >= 15 is 0 Å². The van der Waals surface area contributed by atoms with Crippen LogP contribution in [0.15, 0.2) is 30.5 Å². The van der Waals surface area contributed by atoms with Crippen LogP contribution < -0.4 is 5.73 Å². The van der Waals surface area contributed by atoms with Gasteiger partial charge in [-0.1, -0.05) is 11.6 Å². The van der Waals surface area contributed by atoms with E-state index in [1.807, 2.05) is 0 Å². The van der Waals surface area contributed by atoms with E-state index < -0.39 is 11.6 Å². The molecule has 0 radical (unpaired) electrons. The fraction of sp³-hybridized carbons (Fsp3) is 0. The van der Waals surface area contributed by atoms with Gasteiger partial charge in [-0.3, -0.25) is 0 Å². The van der Waals surface area contributed by atoms with E-state index in [0.29, 0.717) is 5.56 Å². The molecule has 5 heteroatoms. The Labute approximate surface area is 95.7 Å². The van der Waals surface area contributed by atoms with Crippen LogP contribution in [-0.2, 0) is 0 Å². The first-order chi connectivity index (χ1) is 7.58. The molecule has 16 heavy (non-hydrogen) atoms. The average molecular weight is 241 g/mol. The summed E-state index contributed by atoms with van der Waals surface area (Å²) in [6, 6.07) is 4.63. The smallest absolute Gasteiger partial charge is 0.142 e. The monoisotopic (exact) mass is 240 g/mol. The standard InChI is InChI=1S/C11H7ClF2N2/c12-9-3-6(5-16-11(9)15)8-4-7(13)1-2-10(8)14/h1-5H,(H2,15,16). The molecule has 2 aromatic rings. The molecule has 0 aliphatic heterocycles. The average Bonchev–Trinajstić information content (AvgIpc) is 2.26. The molecule has 0 atom stereocenters. The van der Waals surface area contributed by atoms with E-state index in [1.165, 1.54) is 12.3 Å². The number of benzene rings is 1. The van der Waals surface area contributed by atoms with E-state index in [4.69, 9.17) is 17.3 Å². The number of hydrogen-bond acceptors (Lipinski definition) is 2. The molecule has 2 rings (SSSR count). The molecule has 0 fully saturated rings. The van der Waals surface area contributed by atoms with Crippen LogP contribution in [0.5, 0.6) is 0 Å². The highest BCUT2D eigenvalue weighted by atomic mass is 35.5. The van der Waals surface area contributed by atoms with Gasteiger partial charge in [-0.05, 0) is 24.3 Å². The first-order valence-electron chi connectivity index (χ1n) is 4.44. The Morgan fingerprint density at radius 3 is 2.62 bits per heavy atom. The molecular weight excluding hydrogens is 234 g/mol. The van der Waals surface area contributed by atoms with Gasteiger partial charge in [0.15, 0.2) is 0 Å². The van der Waals surface area contributed by atoms with E-state index in [2.05, 4.69) is 4.98 Å². The van der Waals surface area contributed by atoms with Gasteiger partial charge in [-0.2, -0.15) is 0 Å². The third-order valence-corrected chi connectivity index (χ3v) is 2.41. The molecule has 2 N–H and O–H groups in total. The van der Waals surface area contributed by atoms with Crippen LogP contribution in [0.4, 0.5) is 14.6 Å². The molecule has 1 aromatic carbocycles. The van der Waals surface area contributed by atoms with Crippen LogP contribution >= 0.6 is 11.6 Å². The van der Waals surface area contributed by atoms with Gasteiger partial charge in [-0.25, -0.2) is 13.8 Å². The molecule has 0 saturated heterocycles. The molecule has 0 amide bonds. The van der Waals surface area contributed by atoms with Gasteiger partial charge < -0.3 is 5.73 Å². The number of nitrogens with two attached hydrogens (primary N) is 1. The van der Waals surface area contributed by atoms with Crippen molar-refractivity contribution in [2.45, 2.75) is 0 Å². The van der Waals surface area contributed by atoms with Crippen molar-refractivity contribution in [1.29, 1.82) is 0 Å². The van der Waals surface area contributed by atoms with Crippen LogP contribution in [0.25, 0.3) is 11.1 Å². The van der Waals surface area contributed by atoms with Crippen molar-refractivity contribution >= 4 is 17.4 Å². The summed E-state index contributed by atoms with van der Waals surface area (Å²) in [6.07, 6.45) is 1.35. The van der Waals surface area contributed by atoms with Crippen molar-refractivity contribution in [3.63, 3.8) is 0 Å². The maximum absolute atomic E-state index is 13.4. The van der Waals surface area contributed by atoms with Crippen LogP contribution in [0.1, 0.15) is 0 Å². The van der Waals surface area contributed by atoms with Crippen LogP contribution in [0.2, 0.25) is 5.02 Å². The fourth-order valence-corrected chi connectivity index (χ4v) is 1.48. The minimum atomic E-state index is -0.538. The summed E-state index contributed by atoms with van der Waals surface area (Å²) in [5.74, 6) is -0.907. The number of aromatic nitrogens is 1. The van der Waals surface area contributed by atoms with Gasteiger partial charge in [-0.15, -0.1) is 0 Å². The number of anilines is 1. The zero-order chi connectivity index (χ0) is 11.7. The summed E-state index contributed by atoms with van der Waals surface area (Å²) >= 11 is 5.75. The molecule has 1 heterocycles. The highest BCUT2D eigenvalue weighted by Crippen LogP contribution is 2.27. The number of nitrogens with zero attached hydrogens (tertiary/aromatic N) is 1. The highest BCUT2D eigenvalue weighted by molar-refractivity contribution is 6.33. The maximum atomic E-state index is 13.4. The molecule has 82 valence electrons. The Kier molecular flexibility index (Phi) is 2.75. The van der Waals surface area contributed by atoms with Gasteiger partial charge in [0.2, 0.25) is 0 Å². The lowest BCUT2D eigenvalue weighted by atomic mass is 10.1. The second-order valence-electron chi connectivity index (χ2n) is 3.22. The number of rotatable bonds is 1. The minimum Gasteiger partial charge on any atom is -0.382 e. The van der Waals surface area contributed by atoms with E-state index in [9.17, 15) is 8.78 Å². The van der Waals surface area contributed by atoms with Gasteiger partial charge in [0, 0.05) is 17.3 Å². The number of hydrogen-bond donors (Lipinski definition) is 1. The summed E-state index contributed by atoms with van der Waals surface area (Å²) in [4.78, 5) is 3.78. The topological polar surface area (TPSA) is 38.9 Å². The summed E-state index contributed by atoms with van der Waals surface area (Å²) in [6.45, 7) is 0. The summed E-state index contributed by atoms with van der Waals surface area (Å²) in [7, 11) is 0. The molecule has 2 nitrogen and oxygen atoms in total. The largest absolute Gasteiger partial charge is 0.382 e. The summed E-state index contributed by atoms with van der Waals surface area (Å²) in [5.41, 5.74) is 5.92. The van der Waals surface area contributed by atoms with Crippen LogP contribution in [0, 0.1) is 11.6 Å². The first-order valence-corrected chi connectivity index (χ1v) is 4.82. The van der Waals surface area contributed by atoms with Gasteiger partial charge in [0.05, 0.1) is 5.02 Å². The lowest BCUT2D eigenvalue weighted by Gasteiger charge is -2.05. The van der Waals surface area contributed by atoms with Crippen molar-refractivity contribution < 1.29 is 8.78 Å². The molecule has 0 aliphatic rings. The molecular formula is C11H7ClF2N2. The quantitative estimate of drug-likeness (QED) is 0.831. The zero-order valence-corrected chi connectivity index (χ0v) is 8.80. The Morgan fingerprint density at radius 2 is 1.94 bits per heavy atom.